The first-order valence-corrected chi connectivity index (χ1v) is 8.18. The second-order valence-electron chi connectivity index (χ2n) is 5.56. The monoisotopic (exact) mass is 355 g/mol. The third-order valence-electron chi connectivity index (χ3n) is 3.79. The van der Waals surface area contributed by atoms with Gasteiger partial charge < -0.3 is 9.94 Å². The van der Waals surface area contributed by atoms with E-state index in [1.165, 1.54) is 12.5 Å². The van der Waals surface area contributed by atoms with E-state index in [-0.39, 0.29) is 0 Å². The summed E-state index contributed by atoms with van der Waals surface area (Å²) in [5.74, 6) is 0.818. The molecule has 0 saturated heterocycles. The molecule has 0 spiro atoms. The van der Waals surface area contributed by atoms with E-state index in [4.69, 9.17) is 21.3 Å². The first kappa shape index (κ1) is 17.0. The molecule has 25 heavy (non-hydrogen) atoms. The molecule has 0 aliphatic rings. The van der Waals surface area contributed by atoms with E-state index < -0.39 is 0 Å². The topological polar surface area (TPSA) is 53.5 Å². The van der Waals surface area contributed by atoms with Gasteiger partial charge in [0.2, 0.25) is 6.33 Å². The molecule has 0 aliphatic carbocycles. The summed E-state index contributed by atoms with van der Waals surface area (Å²) in [6.45, 7) is 1.05. The zero-order chi connectivity index (χ0) is 17.6. The summed E-state index contributed by atoms with van der Waals surface area (Å²) in [7, 11) is 1.64. The van der Waals surface area contributed by atoms with Gasteiger partial charge in [-0.05, 0) is 35.4 Å². The van der Waals surface area contributed by atoms with Crippen molar-refractivity contribution in [3.05, 3.63) is 88.6 Å². The summed E-state index contributed by atoms with van der Waals surface area (Å²) in [5.41, 5.74) is 2.94. The van der Waals surface area contributed by atoms with Gasteiger partial charge in [0.05, 0.1) is 19.4 Å². The minimum atomic E-state index is 0.507. The minimum Gasteiger partial charge on any atom is -0.711 e. The van der Waals surface area contributed by atoms with Gasteiger partial charge in [-0.25, -0.2) is 9.30 Å². The van der Waals surface area contributed by atoms with Crippen molar-refractivity contribution < 1.29 is 9.47 Å². The van der Waals surface area contributed by atoms with Crippen LogP contribution in [0.2, 0.25) is 5.02 Å². The van der Waals surface area contributed by atoms with Crippen LogP contribution in [0.4, 0.5) is 0 Å². The number of nitrogens with zero attached hydrogens (tertiary/aromatic N) is 3. The fourth-order valence-electron chi connectivity index (χ4n) is 2.43. The van der Waals surface area contributed by atoms with Crippen molar-refractivity contribution in [2.75, 3.05) is 7.11 Å². The van der Waals surface area contributed by atoms with E-state index in [0.29, 0.717) is 18.1 Å². The highest BCUT2D eigenvalue weighted by atomic mass is 35.5. The van der Waals surface area contributed by atoms with Crippen molar-refractivity contribution in [2.24, 2.45) is 4.99 Å². The van der Waals surface area contributed by atoms with Gasteiger partial charge in [0.25, 0.3) is 0 Å². The van der Waals surface area contributed by atoms with E-state index in [9.17, 15) is 5.21 Å². The molecule has 5 nitrogen and oxygen atoms in total. The van der Waals surface area contributed by atoms with Gasteiger partial charge in [-0.1, -0.05) is 35.9 Å². The molecule has 0 saturated carbocycles. The number of halogens is 1. The number of rotatable bonds is 6. The lowest BCUT2D eigenvalue weighted by molar-refractivity contribution is -0.604. The van der Waals surface area contributed by atoms with Gasteiger partial charge in [-0.15, -0.1) is 0 Å². The minimum absolute atomic E-state index is 0.507. The first-order valence-electron chi connectivity index (χ1n) is 7.81. The Morgan fingerprint density at radius 2 is 1.88 bits per heavy atom. The molecule has 0 radical (unpaired) electrons. The van der Waals surface area contributed by atoms with E-state index in [1.807, 2.05) is 48.5 Å². The summed E-state index contributed by atoms with van der Waals surface area (Å²) >= 11 is 5.98. The van der Waals surface area contributed by atoms with Gasteiger partial charge >= 0.3 is 0 Å². The van der Waals surface area contributed by atoms with Crippen molar-refractivity contribution in [3.8, 4) is 5.75 Å². The number of aromatic nitrogens is 2. The molecule has 0 aliphatic heterocycles. The van der Waals surface area contributed by atoms with Gasteiger partial charge in [0.15, 0.2) is 0 Å². The molecule has 0 N–H and O–H groups in total. The summed E-state index contributed by atoms with van der Waals surface area (Å²) in [6.07, 6.45) is 4.67. The van der Waals surface area contributed by atoms with E-state index in [0.717, 1.165) is 27.3 Å². The highest BCUT2D eigenvalue weighted by Crippen LogP contribution is 2.14. The predicted molar refractivity (Wildman–Crippen MR) is 98.1 cm³/mol. The van der Waals surface area contributed by atoms with Crippen LogP contribution < -0.4 is 9.47 Å². The highest BCUT2D eigenvalue weighted by molar-refractivity contribution is 6.30. The molecule has 3 aromatic rings. The van der Waals surface area contributed by atoms with Crippen LogP contribution in [0, 0.1) is 5.21 Å². The van der Waals surface area contributed by atoms with Crippen LogP contribution in [0.5, 0.6) is 5.75 Å². The van der Waals surface area contributed by atoms with Crippen LogP contribution in [0.15, 0.2) is 72.2 Å². The van der Waals surface area contributed by atoms with Crippen molar-refractivity contribution in [2.45, 2.75) is 13.1 Å². The third-order valence-corrected chi connectivity index (χ3v) is 4.04. The largest absolute Gasteiger partial charge is 0.711 e. The van der Waals surface area contributed by atoms with Crippen LogP contribution >= 0.6 is 11.6 Å². The normalized spacial score (nSPS) is 11.5. The Hall–Kier alpha value is -2.79. The SMILES string of the molecule is COc1ccc(CN=C(Cn2cc[n+]([O-])c2)c2ccc(Cl)cc2)cc1. The van der Waals surface area contributed by atoms with Crippen LogP contribution in [0.3, 0.4) is 0 Å². The lowest BCUT2D eigenvalue weighted by Crippen LogP contribution is -2.22. The Bertz CT molecular complexity index is 855. The fraction of sp³-hybridized carbons (Fsp3) is 0.158. The number of hydrogen-bond donors (Lipinski definition) is 0. The van der Waals surface area contributed by atoms with E-state index in [2.05, 4.69) is 0 Å². The Kier molecular flexibility index (Phi) is 5.36. The maximum atomic E-state index is 11.3. The molecule has 1 heterocycles. The maximum Gasteiger partial charge on any atom is 0.247 e. The molecule has 3 rings (SSSR count). The number of benzene rings is 2. The molecule has 0 unspecified atom stereocenters. The van der Waals surface area contributed by atoms with Crippen LogP contribution in [-0.4, -0.2) is 17.4 Å². The predicted octanol–water partition coefficient (Wildman–Crippen LogP) is 3.47. The van der Waals surface area contributed by atoms with Crippen molar-refractivity contribution >= 4 is 17.3 Å². The highest BCUT2D eigenvalue weighted by Gasteiger charge is 2.09. The van der Waals surface area contributed by atoms with Crippen LogP contribution in [-0.2, 0) is 13.1 Å². The maximum absolute atomic E-state index is 11.3. The van der Waals surface area contributed by atoms with Crippen molar-refractivity contribution in [1.29, 1.82) is 0 Å². The summed E-state index contributed by atoms with van der Waals surface area (Å²) in [4.78, 5) is 4.75. The summed E-state index contributed by atoms with van der Waals surface area (Å²) in [6, 6.07) is 15.4. The van der Waals surface area contributed by atoms with Crippen molar-refractivity contribution in [1.82, 2.24) is 4.57 Å². The Morgan fingerprint density at radius 3 is 2.48 bits per heavy atom. The van der Waals surface area contributed by atoms with Gasteiger partial charge in [-0.3, -0.25) is 4.99 Å². The van der Waals surface area contributed by atoms with Gasteiger partial charge in [-0.2, -0.15) is 0 Å². The van der Waals surface area contributed by atoms with Gasteiger partial charge in [0, 0.05) is 5.02 Å². The number of ether oxygens (including phenoxy) is 1. The fourth-order valence-corrected chi connectivity index (χ4v) is 2.56. The molecular weight excluding hydrogens is 338 g/mol. The van der Waals surface area contributed by atoms with Crippen LogP contribution in [0.25, 0.3) is 0 Å². The molecule has 2 aromatic carbocycles. The van der Waals surface area contributed by atoms with E-state index >= 15 is 0 Å². The molecule has 6 heteroatoms. The smallest absolute Gasteiger partial charge is 0.247 e. The molecular formula is C19H18ClN3O2. The second kappa shape index (κ2) is 7.85. The number of methoxy groups -OCH3 is 1. The van der Waals surface area contributed by atoms with Gasteiger partial charge in [0.1, 0.15) is 24.7 Å². The third kappa shape index (κ3) is 4.61. The number of aliphatic imine (C=N–C) groups is 1. The Balaban J connectivity index is 1.84. The lowest BCUT2D eigenvalue weighted by atomic mass is 10.1. The quantitative estimate of drug-likeness (QED) is 0.386. The lowest BCUT2D eigenvalue weighted by Gasteiger charge is -2.07. The molecule has 0 bridgehead atoms. The van der Waals surface area contributed by atoms with Crippen LogP contribution in [0.1, 0.15) is 11.1 Å². The standard InChI is InChI=1S/C19H18ClN3O2/c1-25-18-8-2-15(3-9-18)12-21-19(13-22-10-11-23(24)14-22)16-4-6-17(20)7-5-16/h2-11,14H,12-13H2,1H3. The Labute approximate surface area is 151 Å². The average Bonchev–Trinajstić information content (AvgIpc) is 3.05. The number of imidazole rings is 1. The number of hydrogen-bond acceptors (Lipinski definition) is 3. The van der Waals surface area contributed by atoms with E-state index in [1.54, 1.807) is 17.9 Å². The second-order valence-corrected chi connectivity index (χ2v) is 6.00. The molecule has 0 fully saturated rings. The molecule has 0 atom stereocenters. The molecule has 1 aromatic heterocycles. The Morgan fingerprint density at radius 1 is 1.16 bits per heavy atom. The first-order chi connectivity index (χ1) is 12.1. The summed E-state index contributed by atoms with van der Waals surface area (Å²) < 4.78 is 7.74. The molecule has 128 valence electrons. The zero-order valence-electron chi connectivity index (χ0n) is 13.8. The summed E-state index contributed by atoms with van der Waals surface area (Å²) in [5, 5.41) is 12.0. The van der Waals surface area contributed by atoms with Crippen molar-refractivity contribution in [3.63, 3.8) is 0 Å². The molecule has 0 amide bonds. The average molecular weight is 356 g/mol. The zero-order valence-corrected chi connectivity index (χ0v) is 14.6.